The molecule has 0 heterocycles. The molecule has 2 N–H and O–H groups in total. The molecular weight excluding hydrogens is 435 g/mol. The summed E-state index contributed by atoms with van der Waals surface area (Å²) in [7, 11) is -10.8. The van der Waals surface area contributed by atoms with Crippen LogP contribution in [0.25, 0.3) is 21.5 Å². The van der Waals surface area contributed by atoms with Gasteiger partial charge in [0.05, 0.1) is 0 Å². The van der Waals surface area contributed by atoms with E-state index in [-0.39, 0.29) is 51.5 Å². The molecule has 0 aromatic heterocycles. The van der Waals surface area contributed by atoms with E-state index in [9.17, 15) is 25.9 Å². The SMILES string of the molecule is O=S(=O)(O)C(c1cccc2ccccc12)(c1cccc2ccccc12)S(=O)(=O)O.[NaH]. The van der Waals surface area contributed by atoms with Crippen LogP contribution in [-0.2, 0) is 24.3 Å². The Labute approximate surface area is 196 Å². The van der Waals surface area contributed by atoms with E-state index < -0.39 is 24.3 Å². The molecule has 0 aliphatic rings. The van der Waals surface area contributed by atoms with Gasteiger partial charge in [-0.05, 0) is 21.5 Å². The van der Waals surface area contributed by atoms with Crippen molar-refractivity contribution in [3.05, 3.63) is 96.1 Å². The van der Waals surface area contributed by atoms with Crippen LogP contribution in [0.5, 0.6) is 0 Å². The van der Waals surface area contributed by atoms with E-state index in [2.05, 4.69) is 0 Å². The molecule has 0 radical (unpaired) electrons. The van der Waals surface area contributed by atoms with Crippen molar-refractivity contribution in [2.75, 3.05) is 0 Å². The molecule has 0 saturated carbocycles. The number of hydrogen-bond donors (Lipinski definition) is 2. The van der Waals surface area contributed by atoms with Gasteiger partial charge in [0.2, 0.25) is 0 Å². The molecule has 9 heteroatoms. The van der Waals surface area contributed by atoms with Gasteiger partial charge in [-0.1, -0.05) is 84.9 Å². The second-order valence-electron chi connectivity index (χ2n) is 6.62. The van der Waals surface area contributed by atoms with Gasteiger partial charge in [-0.15, -0.1) is 0 Å². The van der Waals surface area contributed by atoms with E-state index in [1.165, 1.54) is 24.3 Å². The van der Waals surface area contributed by atoms with Gasteiger partial charge in [-0.25, -0.2) is 0 Å². The predicted molar refractivity (Wildman–Crippen MR) is 119 cm³/mol. The summed E-state index contributed by atoms with van der Waals surface area (Å²) in [5, 5.41) is 1.67. The van der Waals surface area contributed by atoms with Gasteiger partial charge in [0.25, 0.3) is 24.3 Å². The first kappa shape index (κ1) is 22.9. The fraction of sp³-hybridized carbons (Fsp3) is 0.0476. The van der Waals surface area contributed by atoms with Gasteiger partial charge < -0.3 is 0 Å². The van der Waals surface area contributed by atoms with Crippen LogP contribution in [0.3, 0.4) is 0 Å². The van der Waals surface area contributed by atoms with Gasteiger partial charge in [-0.3, -0.25) is 9.11 Å². The van der Waals surface area contributed by atoms with Crippen LogP contribution in [-0.4, -0.2) is 55.5 Å². The average Bonchev–Trinajstić information content (AvgIpc) is 2.67. The third-order valence-corrected chi connectivity index (χ3v) is 8.61. The molecular formula is C21H17NaO6S2. The van der Waals surface area contributed by atoms with Crippen LogP contribution in [0, 0.1) is 0 Å². The third-order valence-electron chi connectivity index (χ3n) is 5.01. The first-order valence-corrected chi connectivity index (χ1v) is 11.5. The Morgan fingerprint density at radius 3 is 1.23 bits per heavy atom. The van der Waals surface area contributed by atoms with Crippen molar-refractivity contribution in [1.29, 1.82) is 0 Å². The normalized spacial score (nSPS) is 12.6. The average molecular weight is 452 g/mol. The standard InChI is InChI=1S/C21H16O6S2.Na.H/c22-28(23,24)21(29(25,26)27,19-13-5-9-15-7-1-3-11-17(15)19)20-14-6-10-16-8-2-4-12-18(16)20;;/h1-14H,(H,22,23,24)(H,25,26,27);;. The summed E-state index contributed by atoms with van der Waals surface area (Å²) in [5.41, 5.74) is -0.506. The maximum absolute atomic E-state index is 12.8. The van der Waals surface area contributed by atoms with Crippen molar-refractivity contribution in [3.63, 3.8) is 0 Å². The minimum atomic E-state index is -5.41. The van der Waals surface area contributed by atoms with Crippen molar-refractivity contribution in [2.24, 2.45) is 0 Å². The minimum absolute atomic E-state index is 0. The second kappa shape index (κ2) is 8.05. The van der Waals surface area contributed by atoms with E-state index in [0.29, 0.717) is 10.8 Å². The molecule has 4 aromatic rings. The molecule has 0 aliphatic heterocycles. The molecule has 0 aliphatic carbocycles. The van der Waals surface area contributed by atoms with Crippen LogP contribution >= 0.6 is 0 Å². The van der Waals surface area contributed by atoms with Gasteiger partial charge in [0.15, 0.2) is 0 Å². The molecule has 0 saturated heterocycles. The quantitative estimate of drug-likeness (QED) is 0.363. The fourth-order valence-electron chi connectivity index (χ4n) is 3.86. The van der Waals surface area contributed by atoms with Gasteiger partial charge >= 0.3 is 29.6 Å². The molecule has 0 bridgehead atoms. The summed E-state index contributed by atoms with van der Waals surface area (Å²) in [5.74, 6) is 0. The molecule has 0 unspecified atom stereocenters. The summed E-state index contributed by atoms with van der Waals surface area (Å²) in [6.45, 7) is 0. The Hall–Kier alpha value is -1.78. The number of benzene rings is 4. The molecule has 0 amide bonds. The van der Waals surface area contributed by atoms with E-state index in [1.54, 1.807) is 60.7 Å². The predicted octanol–water partition coefficient (Wildman–Crippen LogP) is 3.32. The molecule has 0 atom stereocenters. The van der Waals surface area contributed by atoms with Crippen molar-refractivity contribution in [3.8, 4) is 0 Å². The summed E-state index contributed by atoms with van der Waals surface area (Å²) >= 11 is 0. The van der Waals surface area contributed by atoms with E-state index in [1.807, 2.05) is 0 Å². The van der Waals surface area contributed by atoms with E-state index in [0.717, 1.165) is 0 Å². The zero-order valence-electron chi connectivity index (χ0n) is 14.9. The Morgan fingerprint density at radius 1 is 0.533 bits per heavy atom. The van der Waals surface area contributed by atoms with Crippen LogP contribution in [0.1, 0.15) is 11.1 Å². The number of rotatable bonds is 4. The molecule has 6 nitrogen and oxygen atoms in total. The van der Waals surface area contributed by atoms with Crippen molar-refractivity contribution in [2.45, 2.75) is 4.08 Å². The number of hydrogen-bond acceptors (Lipinski definition) is 4. The first-order valence-electron chi connectivity index (χ1n) is 8.58. The van der Waals surface area contributed by atoms with Gasteiger partial charge in [-0.2, -0.15) is 16.8 Å². The number of fused-ring (bicyclic) bond motifs is 2. The zero-order chi connectivity index (χ0) is 20.9. The summed E-state index contributed by atoms with van der Waals surface area (Å²) < 4.78 is 68.7. The Kier molecular flexibility index (Phi) is 6.14. The molecule has 150 valence electrons. The maximum atomic E-state index is 12.8. The van der Waals surface area contributed by atoms with Crippen LogP contribution in [0.4, 0.5) is 0 Å². The van der Waals surface area contributed by atoms with Crippen molar-refractivity contribution in [1.82, 2.24) is 0 Å². The Bertz CT molecular complexity index is 1340. The molecule has 0 spiro atoms. The topological polar surface area (TPSA) is 109 Å². The Balaban J connectivity index is 0.00000256. The third kappa shape index (κ3) is 3.38. The van der Waals surface area contributed by atoms with Crippen LogP contribution in [0.2, 0.25) is 0 Å². The van der Waals surface area contributed by atoms with Crippen LogP contribution < -0.4 is 0 Å². The zero-order valence-corrected chi connectivity index (χ0v) is 16.6. The molecule has 4 rings (SSSR count). The summed E-state index contributed by atoms with van der Waals surface area (Å²) in [6.07, 6.45) is 0. The van der Waals surface area contributed by atoms with Crippen molar-refractivity contribution >= 4 is 71.3 Å². The summed E-state index contributed by atoms with van der Waals surface area (Å²) in [4.78, 5) is 0. The van der Waals surface area contributed by atoms with E-state index in [4.69, 9.17) is 0 Å². The van der Waals surface area contributed by atoms with Gasteiger partial charge in [0.1, 0.15) is 0 Å². The second-order valence-corrected chi connectivity index (χ2v) is 10.0. The monoisotopic (exact) mass is 452 g/mol. The van der Waals surface area contributed by atoms with E-state index >= 15 is 0 Å². The molecule has 30 heavy (non-hydrogen) atoms. The summed E-state index contributed by atoms with van der Waals surface area (Å²) in [6, 6.07) is 22.0. The fourth-order valence-corrected chi connectivity index (χ4v) is 6.75. The Morgan fingerprint density at radius 2 is 0.867 bits per heavy atom. The molecule has 0 fully saturated rings. The van der Waals surface area contributed by atoms with Crippen molar-refractivity contribution < 1.29 is 25.9 Å². The first-order chi connectivity index (χ1) is 13.7. The van der Waals surface area contributed by atoms with Gasteiger partial charge in [0, 0.05) is 11.1 Å². The van der Waals surface area contributed by atoms with Crippen LogP contribution in [0.15, 0.2) is 84.9 Å². The molecule has 4 aromatic carbocycles.